The Kier molecular flexibility index (Phi) is 4.70. The van der Waals surface area contributed by atoms with Gasteiger partial charge in [0.15, 0.2) is 0 Å². The lowest BCUT2D eigenvalue weighted by Crippen LogP contribution is -2.41. The first kappa shape index (κ1) is 19.0. The second-order valence-electron chi connectivity index (χ2n) is 7.44. The zero-order valence-corrected chi connectivity index (χ0v) is 16.7. The third-order valence-corrected chi connectivity index (χ3v) is 5.27. The maximum atomic E-state index is 13.5. The van der Waals surface area contributed by atoms with Crippen LogP contribution in [0, 0.1) is 12.7 Å². The Morgan fingerprint density at radius 1 is 1.26 bits per heavy atom. The number of aromatic amines is 1. The van der Waals surface area contributed by atoms with Crippen LogP contribution in [0.2, 0.25) is 0 Å². The number of benzene rings is 2. The Labute approximate surface area is 177 Å². The van der Waals surface area contributed by atoms with Gasteiger partial charge in [-0.05, 0) is 25.1 Å². The number of carbonyl (C=O) groups excluding carboxylic acids is 1. The highest BCUT2D eigenvalue weighted by molar-refractivity contribution is 5.89. The average Bonchev–Trinajstić information content (AvgIpc) is 3.42. The summed E-state index contributed by atoms with van der Waals surface area (Å²) in [7, 11) is 0. The van der Waals surface area contributed by atoms with Crippen LogP contribution in [0.3, 0.4) is 0 Å². The number of hydrogen-bond donors (Lipinski definition) is 2. The third kappa shape index (κ3) is 3.77. The van der Waals surface area contributed by atoms with Gasteiger partial charge < -0.3 is 19.7 Å². The molecule has 31 heavy (non-hydrogen) atoms. The summed E-state index contributed by atoms with van der Waals surface area (Å²) in [4.78, 5) is 26.6. The molecule has 4 aromatic rings. The number of amides is 2. The first-order valence-corrected chi connectivity index (χ1v) is 9.82. The number of urea groups is 1. The number of imidazole rings is 1. The van der Waals surface area contributed by atoms with Gasteiger partial charge >= 0.3 is 6.03 Å². The number of halogens is 1. The maximum absolute atomic E-state index is 13.5. The highest BCUT2D eigenvalue weighted by Gasteiger charge is 2.36. The Morgan fingerprint density at radius 3 is 2.90 bits per heavy atom. The van der Waals surface area contributed by atoms with Crippen molar-refractivity contribution < 1.29 is 13.7 Å². The van der Waals surface area contributed by atoms with Crippen LogP contribution in [0.5, 0.6) is 0 Å². The smallest absolute Gasteiger partial charge is 0.322 e. The van der Waals surface area contributed by atoms with E-state index in [9.17, 15) is 9.18 Å². The number of carbonyl (C=O) groups is 1. The number of hydrogen-bond acceptors (Lipinski definition) is 5. The monoisotopic (exact) mass is 418 g/mol. The molecule has 0 saturated heterocycles. The predicted octanol–water partition coefficient (Wildman–Crippen LogP) is 4.24. The first-order valence-electron chi connectivity index (χ1n) is 9.82. The van der Waals surface area contributed by atoms with Crippen molar-refractivity contribution >= 4 is 11.7 Å². The van der Waals surface area contributed by atoms with Crippen LogP contribution in [-0.4, -0.2) is 31.0 Å². The summed E-state index contributed by atoms with van der Waals surface area (Å²) in [5.41, 5.74) is 4.00. The summed E-state index contributed by atoms with van der Waals surface area (Å²) in [6, 6.07) is 12.6. The zero-order valence-electron chi connectivity index (χ0n) is 16.7. The SMILES string of the molecule is Cc1ccc(-c2noc([C@@H]3Cc4nc[nH]c4CN3C(=O)Nc3cccc(F)c3)n2)cc1. The molecule has 2 aromatic heterocycles. The highest BCUT2D eigenvalue weighted by atomic mass is 19.1. The standard InChI is InChI=1S/C22H19FN6O2/c1-13-5-7-14(8-6-13)20-27-21(31-28-20)19-10-17-18(25-12-24-17)11-29(19)22(30)26-16-4-2-3-15(23)9-16/h2-9,12,19H,10-11H2,1H3,(H,24,25)(H,26,30)/t19-/m0/s1. The van der Waals surface area contributed by atoms with E-state index in [0.29, 0.717) is 23.8 Å². The van der Waals surface area contributed by atoms with E-state index >= 15 is 0 Å². The van der Waals surface area contributed by atoms with E-state index in [0.717, 1.165) is 22.5 Å². The molecule has 1 aliphatic heterocycles. The average molecular weight is 418 g/mol. The number of nitrogens with one attached hydrogen (secondary N) is 2. The lowest BCUT2D eigenvalue weighted by Gasteiger charge is -2.32. The van der Waals surface area contributed by atoms with Crippen LogP contribution in [0.25, 0.3) is 11.4 Å². The molecular weight excluding hydrogens is 399 g/mol. The van der Waals surface area contributed by atoms with Gasteiger partial charge in [-0.3, -0.25) is 0 Å². The number of H-pyrrole nitrogens is 1. The van der Waals surface area contributed by atoms with Crippen molar-refractivity contribution in [1.82, 2.24) is 25.0 Å². The van der Waals surface area contributed by atoms with E-state index in [-0.39, 0.29) is 6.54 Å². The van der Waals surface area contributed by atoms with Gasteiger partial charge in [0.25, 0.3) is 0 Å². The summed E-state index contributed by atoms with van der Waals surface area (Å²) < 4.78 is 19.1. The number of aryl methyl sites for hydroxylation is 1. The van der Waals surface area contributed by atoms with E-state index in [2.05, 4.69) is 25.4 Å². The van der Waals surface area contributed by atoms with Crippen molar-refractivity contribution in [1.29, 1.82) is 0 Å². The molecule has 0 bridgehead atoms. The molecular formula is C22H19FN6O2. The quantitative estimate of drug-likeness (QED) is 0.518. The van der Waals surface area contributed by atoms with E-state index in [1.165, 1.54) is 18.2 Å². The summed E-state index contributed by atoms with van der Waals surface area (Å²) in [6.07, 6.45) is 2.02. The number of aromatic nitrogens is 4. The molecule has 8 nitrogen and oxygen atoms in total. The molecule has 0 spiro atoms. The number of anilines is 1. The van der Waals surface area contributed by atoms with Crippen LogP contribution >= 0.6 is 0 Å². The summed E-state index contributed by atoms with van der Waals surface area (Å²) >= 11 is 0. The van der Waals surface area contributed by atoms with Gasteiger partial charge in [0.05, 0.1) is 24.3 Å². The fourth-order valence-corrected chi connectivity index (χ4v) is 3.62. The van der Waals surface area contributed by atoms with E-state index in [1.54, 1.807) is 17.3 Å². The largest absolute Gasteiger partial charge is 0.347 e. The first-order chi connectivity index (χ1) is 15.1. The molecule has 0 radical (unpaired) electrons. The topological polar surface area (TPSA) is 99.9 Å². The minimum atomic E-state index is -0.504. The van der Waals surface area contributed by atoms with Crippen LogP contribution in [0.4, 0.5) is 14.9 Å². The normalized spacial score (nSPS) is 15.5. The van der Waals surface area contributed by atoms with Gasteiger partial charge in [0, 0.05) is 17.7 Å². The van der Waals surface area contributed by atoms with Gasteiger partial charge in [0.2, 0.25) is 11.7 Å². The predicted molar refractivity (Wildman–Crippen MR) is 110 cm³/mol. The Balaban J connectivity index is 1.45. The number of fused-ring (bicyclic) bond motifs is 1. The summed E-state index contributed by atoms with van der Waals surface area (Å²) in [6.45, 7) is 2.29. The lowest BCUT2D eigenvalue weighted by molar-refractivity contribution is 0.155. The summed E-state index contributed by atoms with van der Waals surface area (Å²) in [5.74, 6) is 0.343. The van der Waals surface area contributed by atoms with Gasteiger partial charge in [-0.2, -0.15) is 4.98 Å². The van der Waals surface area contributed by atoms with Crippen molar-refractivity contribution in [2.24, 2.45) is 0 Å². The molecule has 2 amide bonds. The molecule has 0 unspecified atom stereocenters. The third-order valence-electron chi connectivity index (χ3n) is 5.27. The molecule has 0 aliphatic carbocycles. The molecule has 3 heterocycles. The molecule has 1 atom stereocenters. The van der Waals surface area contributed by atoms with Crippen LogP contribution in [0.15, 0.2) is 59.4 Å². The van der Waals surface area contributed by atoms with Crippen LogP contribution < -0.4 is 5.32 Å². The van der Waals surface area contributed by atoms with Crippen molar-refractivity contribution in [2.75, 3.05) is 5.32 Å². The van der Waals surface area contributed by atoms with E-state index < -0.39 is 17.9 Å². The number of nitrogens with zero attached hydrogens (tertiary/aromatic N) is 4. The second kappa shape index (κ2) is 7.67. The fraction of sp³-hybridized carbons (Fsp3) is 0.182. The van der Waals surface area contributed by atoms with E-state index in [1.807, 2.05) is 31.2 Å². The van der Waals surface area contributed by atoms with Crippen molar-refractivity contribution in [2.45, 2.75) is 25.9 Å². The minimum Gasteiger partial charge on any atom is -0.347 e. The molecule has 2 N–H and O–H groups in total. The summed E-state index contributed by atoms with van der Waals surface area (Å²) in [5, 5.41) is 6.84. The molecule has 0 saturated carbocycles. The van der Waals surface area contributed by atoms with E-state index in [4.69, 9.17) is 4.52 Å². The van der Waals surface area contributed by atoms with Crippen molar-refractivity contribution in [3.05, 3.63) is 83.5 Å². The molecule has 156 valence electrons. The van der Waals surface area contributed by atoms with Crippen LogP contribution in [0.1, 0.15) is 28.9 Å². The van der Waals surface area contributed by atoms with Gasteiger partial charge in [-0.15, -0.1) is 0 Å². The van der Waals surface area contributed by atoms with Gasteiger partial charge in [0.1, 0.15) is 11.9 Å². The molecule has 5 rings (SSSR count). The Bertz CT molecular complexity index is 1230. The molecule has 1 aliphatic rings. The fourth-order valence-electron chi connectivity index (χ4n) is 3.62. The van der Waals surface area contributed by atoms with Gasteiger partial charge in [-0.1, -0.05) is 41.1 Å². The van der Waals surface area contributed by atoms with Crippen molar-refractivity contribution in [3.8, 4) is 11.4 Å². The van der Waals surface area contributed by atoms with Crippen molar-refractivity contribution in [3.63, 3.8) is 0 Å². The van der Waals surface area contributed by atoms with Gasteiger partial charge in [-0.25, -0.2) is 14.2 Å². The zero-order chi connectivity index (χ0) is 21.4. The Hall–Kier alpha value is -4.01. The molecule has 9 heteroatoms. The molecule has 0 fully saturated rings. The molecule has 2 aromatic carbocycles. The highest BCUT2D eigenvalue weighted by Crippen LogP contribution is 2.32. The second-order valence-corrected chi connectivity index (χ2v) is 7.44. The lowest BCUT2D eigenvalue weighted by atomic mass is 10.0. The van der Waals surface area contributed by atoms with Crippen LogP contribution in [-0.2, 0) is 13.0 Å². The minimum absolute atomic E-state index is 0.281. The number of rotatable bonds is 3. The Morgan fingerprint density at radius 2 is 2.10 bits per heavy atom. The maximum Gasteiger partial charge on any atom is 0.322 e.